The maximum Gasteiger partial charge on any atom is 0.282 e. The van der Waals surface area contributed by atoms with Crippen molar-refractivity contribution in [1.82, 2.24) is 18.4 Å². The predicted molar refractivity (Wildman–Crippen MR) is 107 cm³/mol. The minimum atomic E-state index is -3.52. The summed E-state index contributed by atoms with van der Waals surface area (Å²) in [4.78, 5) is 0. The van der Waals surface area contributed by atoms with E-state index in [1.807, 2.05) is 30.5 Å². The van der Waals surface area contributed by atoms with E-state index < -0.39 is 10.2 Å². The SMILES string of the molecule is COCC1CCCN(S(=O)(=O)N(C)Cc2cnn(-c3cccc(OC)c3)c2)C1. The van der Waals surface area contributed by atoms with E-state index in [2.05, 4.69) is 5.10 Å². The number of ether oxygens (including phenoxy) is 2. The summed E-state index contributed by atoms with van der Waals surface area (Å²) < 4.78 is 41.0. The predicted octanol–water partition coefficient (Wildman–Crippen LogP) is 1.92. The van der Waals surface area contributed by atoms with Gasteiger partial charge < -0.3 is 9.47 Å². The molecule has 1 atom stereocenters. The first-order valence-corrected chi connectivity index (χ1v) is 10.7. The lowest BCUT2D eigenvalue weighted by Gasteiger charge is -2.34. The summed E-state index contributed by atoms with van der Waals surface area (Å²) in [6.45, 7) is 1.90. The van der Waals surface area contributed by atoms with Gasteiger partial charge in [0.15, 0.2) is 0 Å². The Hall–Kier alpha value is -1.94. The minimum absolute atomic E-state index is 0.248. The lowest BCUT2D eigenvalue weighted by Crippen LogP contribution is -2.47. The van der Waals surface area contributed by atoms with Gasteiger partial charge in [-0.15, -0.1) is 0 Å². The number of nitrogens with zero attached hydrogens (tertiary/aromatic N) is 4. The lowest BCUT2D eigenvalue weighted by atomic mass is 10.0. The second-order valence-electron chi connectivity index (χ2n) is 7.08. The van der Waals surface area contributed by atoms with E-state index in [4.69, 9.17) is 9.47 Å². The van der Waals surface area contributed by atoms with Crippen LogP contribution in [0.3, 0.4) is 0 Å². The third-order valence-electron chi connectivity index (χ3n) is 4.96. The molecular formula is C19H28N4O4S. The number of hydrogen-bond acceptors (Lipinski definition) is 5. The van der Waals surface area contributed by atoms with Crippen LogP contribution >= 0.6 is 0 Å². The van der Waals surface area contributed by atoms with Crippen molar-refractivity contribution in [1.29, 1.82) is 0 Å². The van der Waals surface area contributed by atoms with Crippen molar-refractivity contribution in [2.75, 3.05) is 41.0 Å². The molecule has 1 aliphatic heterocycles. The molecule has 9 heteroatoms. The highest BCUT2D eigenvalue weighted by molar-refractivity contribution is 7.86. The largest absolute Gasteiger partial charge is 0.497 e. The molecule has 1 aliphatic rings. The second-order valence-corrected chi connectivity index (χ2v) is 9.12. The van der Waals surface area contributed by atoms with Crippen molar-refractivity contribution in [3.05, 3.63) is 42.2 Å². The monoisotopic (exact) mass is 408 g/mol. The van der Waals surface area contributed by atoms with Crippen molar-refractivity contribution in [2.45, 2.75) is 19.4 Å². The molecule has 0 radical (unpaired) electrons. The van der Waals surface area contributed by atoms with Crippen LogP contribution in [-0.2, 0) is 21.5 Å². The van der Waals surface area contributed by atoms with Gasteiger partial charge in [0.05, 0.1) is 25.6 Å². The van der Waals surface area contributed by atoms with Crippen LogP contribution in [0.5, 0.6) is 5.75 Å². The van der Waals surface area contributed by atoms with Crippen LogP contribution < -0.4 is 4.74 Å². The van der Waals surface area contributed by atoms with Crippen molar-refractivity contribution >= 4 is 10.2 Å². The minimum Gasteiger partial charge on any atom is -0.497 e. The Morgan fingerprint density at radius 2 is 2.14 bits per heavy atom. The summed E-state index contributed by atoms with van der Waals surface area (Å²) in [6, 6.07) is 7.55. The van der Waals surface area contributed by atoms with Gasteiger partial charge in [0, 0.05) is 51.6 Å². The molecule has 1 fully saturated rings. The average Bonchev–Trinajstić information content (AvgIpc) is 3.17. The summed E-state index contributed by atoms with van der Waals surface area (Å²) in [5.74, 6) is 0.989. The summed E-state index contributed by atoms with van der Waals surface area (Å²) in [7, 11) is 1.35. The molecule has 8 nitrogen and oxygen atoms in total. The van der Waals surface area contributed by atoms with Crippen LogP contribution in [0.2, 0.25) is 0 Å². The second kappa shape index (κ2) is 9.04. The van der Waals surface area contributed by atoms with Gasteiger partial charge >= 0.3 is 0 Å². The first-order chi connectivity index (χ1) is 13.4. The summed E-state index contributed by atoms with van der Waals surface area (Å²) in [5.41, 5.74) is 1.67. The van der Waals surface area contributed by atoms with Gasteiger partial charge in [-0.05, 0) is 30.9 Å². The Morgan fingerprint density at radius 3 is 2.89 bits per heavy atom. The number of piperidine rings is 1. The summed E-state index contributed by atoms with van der Waals surface area (Å²) >= 11 is 0. The molecule has 0 bridgehead atoms. The molecule has 2 heterocycles. The molecule has 1 unspecified atom stereocenters. The Kier molecular flexibility index (Phi) is 6.71. The highest BCUT2D eigenvalue weighted by Crippen LogP contribution is 2.22. The molecule has 1 aromatic carbocycles. The van der Waals surface area contributed by atoms with Crippen molar-refractivity contribution in [3.63, 3.8) is 0 Å². The summed E-state index contributed by atoms with van der Waals surface area (Å²) in [5, 5.41) is 4.36. The number of aromatic nitrogens is 2. The molecule has 28 heavy (non-hydrogen) atoms. The zero-order valence-corrected chi connectivity index (χ0v) is 17.4. The Labute approximate surface area is 166 Å². The standard InChI is InChI=1S/C19H28N4O4S/c1-21(28(24,25)22-9-5-6-16(13-22)15-26-2)12-17-11-20-23(14-17)18-7-4-8-19(10-18)27-3/h4,7-8,10-11,14,16H,5-6,9,12-13,15H2,1-3H3. The van der Waals surface area contributed by atoms with E-state index in [0.717, 1.165) is 29.8 Å². The van der Waals surface area contributed by atoms with Gasteiger partial charge in [0.2, 0.25) is 0 Å². The average molecular weight is 409 g/mol. The fourth-order valence-corrected chi connectivity index (χ4v) is 4.95. The molecule has 0 aliphatic carbocycles. The molecule has 3 rings (SSSR count). The highest BCUT2D eigenvalue weighted by atomic mass is 32.2. The number of hydrogen-bond donors (Lipinski definition) is 0. The maximum absolute atomic E-state index is 13.0. The van der Waals surface area contributed by atoms with Gasteiger partial charge in [-0.25, -0.2) is 4.68 Å². The van der Waals surface area contributed by atoms with Crippen LogP contribution in [0.15, 0.2) is 36.7 Å². The van der Waals surface area contributed by atoms with E-state index >= 15 is 0 Å². The van der Waals surface area contributed by atoms with Crippen LogP contribution in [0.25, 0.3) is 5.69 Å². The van der Waals surface area contributed by atoms with Crippen molar-refractivity contribution in [3.8, 4) is 11.4 Å². The fourth-order valence-electron chi connectivity index (χ4n) is 3.48. The Bertz CT molecular complexity index is 882. The first-order valence-electron chi connectivity index (χ1n) is 9.32. The van der Waals surface area contributed by atoms with Gasteiger partial charge in [-0.2, -0.15) is 22.1 Å². The van der Waals surface area contributed by atoms with Crippen LogP contribution in [0, 0.1) is 5.92 Å². The molecule has 2 aromatic rings. The third-order valence-corrected chi connectivity index (χ3v) is 6.86. The number of benzene rings is 1. The molecule has 0 amide bonds. The van der Waals surface area contributed by atoms with Gasteiger partial charge in [-0.1, -0.05) is 6.07 Å². The molecule has 1 aromatic heterocycles. The van der Waals surface area contributed by atoms with Gasteiger partial charge in [-0.3, -0.25) is 0 Å². The quantitative estimate of drug-likeness (QED) is 0.667. The van der Waals surface area contributed by atoms with Crippen LogP contribution in [0.4, 0.5) is 0 Å². The topological polar surface area (TPSA) is 76.9 Å². The van der Waals surface area contributed by atoms with Crippen LogP contribution in [0.1, 0.15) is 18.4 Å². The maximum atomic E-state index is 13.0. The lowest BCUT2D eigenvalue weighted by molar-refractivity contribution is 0.116. The number of methoxy groups -OCH3 is 2. The Balaban J connectivity index is 1.68. The molecule has 0 saturated carbocycles. The zero-order valence-electron chi connectivity index (χ0n) is 16.6. The van der Waals surface area contributed by atoms with E-state index in [9.17, 15) is 8.42 Å². The van der Waals surface area contributed by atoms with E-state index in [1.165, 1.54) is 4.31 Å². The molecule has 0 spiro atoms. The Morgan fingerprint density at radius 1 is 1.32 bits per heavy atom. The summed E-state index contributed by atoms with van der Waals surface area (Å²) in [6.07, 6.45) is 5.38. The highest BCUT2D eigenvalue weighted by Gasteiger charge is 2.32. The zero-order chi connectivity index (χ0) is 20.1. The molecule has 1 saturated heterocycles. The van der Waals surface area contributed by atoms with Gasteiger partial charge in [0.25, 0.3) is 10.2 Å². The third kappa shape index (κ3) is 4.72. The van der Waals surface area contributed by atoms with Crippen molar-refractivity contribution < 1.29 is 17.9 Å². The van der Waals surface area contributed by atoms with E-state index in [-0.39, 0.29) is 12.5 Å². The van der Waals surface area contributed by atoms with E-state index in [0.29, 0.717) is 19.7 Å². The van der Waals surface area contributed by atoms with Crippen molar-refractivity contribution in [2.24, 2.45) is 5.92 Å². The molecule has 154 valence electrons. The van der Waals surface area contributed by atoms with Gasteiger partial charge in [0.1, 0.15) is 5.75 Å². The molecular weight excluding hydrogens is 380 g/mol. The molecule has 0 N–H and O–H groups in total. The fraction of sp³-hybridized carbons (Fsp3) is 0.526. The van der Waals surface area contributed by atoms with E-state index in [1.54, 1.807) is 36.5 Å². The van der Waals surface area contributed by atoms with Crippen LogP contribution in [-0.4, -0.2) is 67.8 Å². The smallest absolute Gasteiger partial charge is 0.282 e. The normalized spacial score (nSPS) is 18.5. The first kappa shape index (κ1) is 20.8. The number of rotatable bonds is 8.